The van der Waals surface area contributed by atoms with E-state index in [2.05, 4.69) is 34.6 Å². The van der Waals surface area contributed by atoms with E-state index in [0.29, 0.717) is 19.3 Å². The first-order valence-corrected chi connectivity index (χ1v) is 26.8. The Morgan fingerprint density at radius 3 is 0.950 bits per heavy atom. The summed E-state index contributed by atoms with van der Waals surface area (Å²) >= 11 is 0. The van der Waals surface area contributed by atoms with Gasteiger partial charge in [-0.3, -0.25) is 14.4 Å². The van der Waals surface area contributed by atoms with Crippen molar-refractivity contribution in [3.8, 4) is 0 Å². The smallest absolute Gasteiger partial charge is 0.306 e. The van der Waals surface area contributed by atoms with Crippen molar-refractivity contribution in [1.29, 1.82) is 0 Å². The Morgan fingerprint density at radius 2 is 0.633 bits per heavy atom. The molecule has 0 saturated heterocycles. The second-order valence-electron chi connectivity index (χ2n) is 19.2. The minimum absolute atomic E-state index is 0.0643. The number of carbonyl (C=O) groups is 3. The molecule has 0 N–H and O–H groups in total. The molecule has 0 aromatic carbocycles. The summed E-state index contributed by atoms with van der Waals surface area (Å²) in [6.07, 6.45) is 48.1. The number of esters is 3. The Morgan fingerprint density at radius 1 is 0.350 bits per heavy atom. The molecule has 0 aromatic heterocycles. The summed E-state index contributed by atoms with van der Waals surface area (Å²) in [7, 11) is 0. The van der Waals surface area contributed by atoms with Gasteiger partial charge >= 0.3 is 17.9 Å². The summed E-state index contributed by atoms with van der Waals surface area (Å²) in [5.41, 5.74) is 0. The Hall–Kier alpha value is -1.59. The van der Waals surface area contributed by atoms with Gasteiger partial charge in [0.25, 0.3) is 0 Å². The summed E-state index contributed by atoms with van der Waals surface area (Å²) in [4.78, 5) is 37.9. The van der Waals surface area contributed by atoms with Crippen molar-refractivity contribution >= 4 is 17.9 Å². The van der Waals surface area contributed by atoms with E-state index >= 15 is 0 Å². The molecule has 0 aromatic rings. The quantitative estimate of drug-likeness (QED) is 0.0345. The number of hydrogen-bond acceptors (Lipinski definition) is 6. The fraction of sp³-hybridized carbons (Fsp3) is 0.944. The number of rotatable bonds is 48. The molecule has 356 valence electrons. The summed E-state index contributed by atoms with van der Waals surface area (Å²) in [5.74, 6) is 0.797. The lowest BCUT2D eigenvalue weighted by atomic mass is 9.99. The van der Waals surface area contributed by atoms with Gasteiger partial charge in [-0.25, -0.2) is 0 Å². The summed E-state index contributed by atoms with van der Waals surface area (Å²) < 4.78 is 16.8. The first-order chi connectivity index (χ1) is 29.3. The van der Waals surface area contributed by atoms with E-state index in [1.54, 1.807) is 0 Å². The Balaban J connectivity index is 4.25. The summed E-state index contributed by atoms with van der Waals surface area (Å²) in [6.45, 7) is 11.4. The maximum Gasteiger partial charge on any atom is 0.306 e. The predicted molar refractivity (Wildman–Crippen MR) is 256 cm³/mol. The van der Waals surface area contributed by atoms with Gasteiger partial charge < -0.3 is 14.2 Å². The molecular formula is C54H104O6. The molecule has 0 heterocycles. The SMILES string of the molecule is CCCCCCCCCCCCCCCCCCCCC(=O)OC[C@H](COC(=O)CCCCCCCCCCCCC(C)CC)OC(=O)CCCCCCCCCC(C)C. The molecule has 0 spiro atoms. The highest BCUT2D eigenvalue weighted by molar-refractivity contribution is 5.71. The molecule has 6 heteroatoms. The maximum absolute atomic E-state index is 12.8. The van der Waals surface area contributed by atoms with Crippen LogP contribution in [-0.4, -0.2) is 37.2 Å². The van der Waals surface area contributed by atoms with Crippen LogP contribution in [0.3, 0.4) is 0 Å². The van der Waals surface area contributed by atoms with Gasteiger partial charge in [0.1, 0.15) is 13.2 Å². The predicted octanol–water partition coefficient (Wildman–Crippen LogP) is 17.3. The van der Waals surface area contributed by atoms with Crippen LogP contribution in [0.25, 0.3) is 0 Å². The van der Waals surface area contributed by atoms with Gasteiger partial charge in [-0.2, -0.15) is 0 Å². The molecule has 0 aliphatic heterocycles. The zero-order valence-corrected chi connectivity index (χ0v) is 41.1. The van der Waals surface area contributed by atoms with Crippen LogP contribution in [0.1, 0.15) is 298 Å². The third-order valence-corrected chi connectivity index (χ3v) is 12.6. The molecule has 2 atom stereocenters. The number of ether oxygens (including phenoxy) is 3. The van der Waals surface area contributed by atoms with E-state index in [0.717, 1.165) is 69.6 Å². The average Bonchev–Trinajstić information content (AvgIpc) is 3.23. The van der Waals surface area contributed by atoms with Crippen molar-refractivity contribution in [1.82, 2.24) is 0 Å². The van der Waals surface area contributed by atoms with Crippen LogP contribution < -0.4 is 0 Å². The van der Waals surface area contributed by atoms with Gasteiger partial charge in [-0.15, -0.1) is 0 Å². The zero-order valence-electron chi connectivity index (χ0n) is 41.1. The number of hydrogen-bond donors (Lipinski definition) is 0. The van der Waals surface area contributed by atoms with E-state index in [9.17, 15) is 14.4 Å². The molecule has 0 saturated carbocycles. The highest BCUT2D eigenvalue weighted by Gasteiger charge is 2.19. The van der Waals surface area contributed by atoms with E-state index < -0.39 is 6.10 Å². The van der Waals surface area contributed by atoms with Crippen LogP contribution in [0.15, 0.2) is 0 Å². The monoisotopic (exact) mass is 849 g/mol. The van der Waals surface area contributed by atoms with Crippen LogP contribution in [-0.2, 0) is 28.6 Å². The topological polar surface area (TPSA) is 78.9 Å². The molecule has 0 amide bonds. The Bertz CT molecular complexity index is 918. The molecule has 0 fully saturated rings. The van der Waals surface area contributed by atoms with Crippen molar-refractivity contribution in [3.63, 3.8) is 0 Å². The molecule has 0 aliphatic rings. The van der Waals surface area contributed by atoms with E-state index in [4.69, 9.17) is 14.2 Å². The van der Waals surface area contributed by atoms with Crippen LogP contribution in [0.2, 0.25) is 0 Å². The van der Waals surface area contributed by atoms with Gasteiger partial charge in [0.15, 0.2) is 6.10 Å². The van der Waals surface area contributed by atoms with Gasteiger partial charge in [0.2, 0.25) is 0 Å². The maximum atomic E-state index is 12.8. The molecule has 1 unspecified atom stereocenters. The lowest BCUT2D eigenvalue weighted by molar-refractivity contribution is -0.167. The van der Waals surface area contributed by atoms with E-state index in [1.807, 2.05) is 0 Å². The second kappa shape index (κ2) is 46.9. The molecule has 0 aliphatic carbocycles. The van der Waals surface area contributed by atoms with Gasteiger partial charge in [0.05, 0.1) is 0 Å². The van der Waals surface area contributed by atoms with E-state index in [-0.39, 0.29) is 31.1 Å². The van der Waals surface area contributed by atoms with Crippen LogP contribution in [0, 0.1) is 11.8 Å². The number of carbonyl (C=O) groups excluding carboxylic acids is 3. The van der Waals surface area contributed by atoms with Crippen LogP contribution in [0.5, 0.6) is 0 Å². The summed E-state index contributed by atoms with van der Waals surface area (Å²) in [6, 6.07) is 0. The molecule has 6 nitrogen and oxygen atoms in total. The van der Waals surface area contributed by atoms with Crippen LogP contribution in [0.4, 0.5) is 0 Å². The molecule has 0 bridgehead atoms. The first-order valence-electron chi connectivity index (χ1n) is 26.8. The standard InChI is InChI=1S/C54H104O6/c1-6-8-9-10-11-12-13-14-15-16-17-18-19-20-24-29-34-39-44-52(55)58-47-51(60-54(57)46-41-36-31-26-27-32-37-42-49(3)4)48-59-53(56)45-40-35-30-25-22-21-23-28-33-38-43-50(5)7-2/h49-51H,6-48H2,1-5H3/t50?,51-/m1/s1. The first kappa shape index (κ1) is 58.4. The van der Waals surface area contributed by atoms with Crippen molar-refractivity contribution in [3.05, 3.63) is 0 Å². The van der Waals surface area contributed by atoms with Gasteiger partial charge in [-0.1, -0.05) is 259 Å². The molecular weight excluding hydrogens is 745 g/mol. The minimum Gasteiger partial charge on any atom is -0.462 e. The Kier molecular flexibility index (Phi) is 45.7. The largest absolute Gasteiger partial charge is 0.462 e. The minimum atomic E-state index is -0.762. The highest BCUT2D eigenvalue weighted by atomic mass is 16.6. The molecule has 60 heavy (non-hydrogen) atoms. The summed E-state index contributed by atoms with van der Waals surface area (Å²) in [5, 5.41) is 0. The molecule has 0 radical (unpaired) electrons. The van der Waals surface area contributed by atoms with Crippen molar-refractivity contribution < 1.29 is 28.6 Å². The zero-order chi connectivity index (χ0) is 44.0. The third kappa shape index (κ3) is 45.9. The lowest BCUT2D eigenvalue weighted by Crippen LogP contribution is -2.30. The van der Waals surface area contributed by atoms with Crippen molar-refractivity contribution in [2.45, 2.75) is 304 Å². The second-order valence-corrected chi connectivity index (χ2v) is 19.2. The third-order valence-electron chi connectivity index (χ3n) is 12.6. The highest BCUT2D eigenvalue weighted by Crippen LogP contribution is 2.18. The lowest BCUT2D eigenvalue weighted by Gasteiger charge is -2.18. The fourth-order valence-electron chi connectivity index (χ4n) is 8.13. The van der Waals surface area contributed by atoms with E-state index in [1.165, 1.54) is 186 Å². The average molecular weight is 849 g/mol. The van der Waals surface area contributed by atoms with Gasteiger partial charge in [0, 0.05) is 19.3 Å². The van der Waals surface area contributed by atoms with Crippen LogP contribution >= 0.6 is 0 Å². The molecule has 0 rings (SSSR count). The van der Waals surface area contributed by atoms with Crippen molar-refractivity contribution in [2.24, 2.45) is 11.8 Å². The Labute approximate surface area is 374 Å². The normalized spacial score (nSPS) is 12.5. The fourth-order valence-corrected chi connectivity index (χ4v) is 8.13. The van der Waals surface area contributed by atoms with Gasteiger partial charge in [-0.05, 0) is 31.1 Å². The number of unbranched alkanes of at least 4 members (excludes halogenated alkanes) is 32. The van der Waals surface area contributed by atoms with Crippen molar-refractivity contribution in [2.75, 3.05) is 13.2 Å².